The van der Waals surface area contributed by atoms with Gasteiger partial charge in [-0.3, -0.25) is 0 Å². The molecule has 2 rings (SSSR count). The summed E-state index contributed by atoms with van der Waals surface area (Å²) < 4.78 is 5.96. The number of ether oxygens (including phenoxy) is 1. The highest BCUT2D eigenvalue weighted by Crippen LogP contribution is 2.27. The fourth-order valence-electron chi connectivity index (χ4n) is 2.21. The van der Waals surface area contributed by atoms with Crippen molar-refractivity contribution in [3.05, 3.63) is 64.7 Å². The van der Waals surface area contributed by atoms with Crippen molar-refractivity contribution in [1.82, 2.24) is 0 Å². The summed E-state index contributed by atoms with van der Waals surface area (Å²) in [6, 6.07) is 16.3. The van der Waals surface area contributed by atoms with Crippen LogP contribution in [-0.2, 0) is 5.41 Å². The van der Waals surface area contributed by atoms with Crippen LogP contribution in [0.15, 0.2) is 48.5 Å². The van der Waals surface area contributed by atoms with E-state index in [1.54, 1.807) is 0 Å². The lowest BCUT2D eigenvalue weighted by Crippen LogP contribution is -2.26. The zero-order chi connectivity index (χ0) is 15.5. The number of rotatable bonds is 5. The van der Waals surface area contributed by atoms with Crippen molar-refractivity contribution >= 4 is 11.6 Å². The molecule has 0 aromatic heterocycles. The van der Waals surface area contributed by atoms with E-state index in [2.05, 4.69) is 45.9 Å². The second-order valence-electron chi connectivity index (χ2n) is 6.41. The van der Waals surface area contributed by atoms with Gasteiger partial charge in [-0.15, -0.1) is 0 Å². The fraction of sp³-hybridized carbons (Fsp3) is 0.368. The molecule has 2 heteroatoms. The molecule has 0 saturated heterocycles. The minimum absolute atomic E-state index is 0.0817. The molecule has 0 aliphatic heterocycles. The monoisotopic (exact) mass is 302 g/mol. The molecule has 0 amide bonds. The van der Waals surface area contributed by atoms with Gasteiger partial charge in [0.25, 0.3) is 0 Å². The van der Waals surface area contributed by atoms with E-state index in [1.807, 2.05) is 30.3 Å². The Bertz CT molecular complexity index is 585. The Balaban J connectivity index is 2.04. The first kappa shape index (κ1) is 15.9. The molecule has 2 aromatic carbocycles. The average Bonchev–Trinajstić information content (AvgIpc) is 2.45. The Hall–Kier alpha value is -1.47. The highest BCUT2D eigenvalue weighted by molar-refractivity contribution is 6.30. The van der Waals surface area contributed by atoms with Crippen molar-refractivity contribution in [3.8, 4) is 5.75 Å². The van der Waals surface area contributed by atoms with Crippen LogP contribution >= 0.6 is 11.6 Å². The van der Waals surface area contributed by atoms with Gasteiger partial charge >= 0.3 is 0 Å². The zero-order valence-electron chi connectivity index (χ0n) is 13.2. The maximum atomic E-state index is 6.07. The summed E-state index contributed by atoms with van der Waals surface area (Å²) in [4.78, 5) is 0. The van der Waals surface area contributed by atoms with E-state index in [0.29, 0.717) is 12.5 Å². The summed E-state index contributed by atoms with van der Waals surface area (Å²) in [7, 11) is 0. The second-order valence-corrected chi connectivity index (χ2v) is 6.84. The van der Waals surface area contributed by atoms with E-state index in [9.17, 15) is 0 Å². The van der Waals surface area contributed by atoms with Gasteiger partial charge in [-0.1, -0.05) is 63.6 Å². The maximum absolute atomic E-state index is 6.07. The molecule has 0 atom stereocenters. The lowest BCUT2D eigenvalue weighted by Gasteiger charge is -2.25. The van der Waals surface area contributed by atoms with Crippen LogP contribution in [0.2, 0.25) is 5.02 Å². The first-order chi connectivity index (χ1) is 9.88. The summed E-state index contributed by atoms with van der Waals surface area (Å²) >= 11 is 6.07. The molecule has 1 nitrogen and oxygen atoms in total. The Morgan fingerprint density at radius 3 is 2.29 bits per heavy atom. The predicted octanol–water partition coefficient (Wildman–Crippen LogP) is 5.82. The quantitative estimate of drug-likeness (QED) is 0.676. The summed E-state index contributed by atoms with van der Waals surface area (Å²) in [6.07, 6.45) is 0. The van der Waals surface area contributed by atoms with Gasteiger partial charge in [0.15, 0.2) is 0 Å². The lowest BCUT2D eigenvalue weighted by atomic mass is 9.85. The number of benzene rings is 2. The molecule has 0 fully saturated rings. The third kappa shape index (κ3) is 4.25. The van der Waals surface area contributed by atoms with Gasteiger partial charge in [-0.25, -0.2) is 0 Å². The number of hydrogen-bond donors (Lipinski definition) is 0. The Morgan fingerprint density at radius 2 is 1.71 bits per heavy atom. The predicted molar refractivity (Wildman–Crippen MR) is 90.5 cm³/mol. The summed E-state index contributed by atoms with van der Waals surface area (Å²) in [5, 5.41) is 0.766. The first-order valence-electron chi connectivity index (χ1n) is 7.37. The first-order valence-corrected chi connectivity index (χ1v) is 7.75. The summed E-state index contributed by atoms with van der Waals surface area (Å²) in [6.45, 7) is 9.34. The molecule has 0 bridgehead atoms. The molecule has 0 aliphatic rings. The van der Waals surface area contributed by atoms with Crippen molar-refractivity contribution in [1.29, 1.82) is 0 Å². The van der Waals surface area contributed by atoms with Crippen molar-refractivity contribution in [3.63, 3.8) is 0 Å². The van der Waals surface area contributed by atoms with Crippen LogP contribution in [0.1, 0.15) is 44.7 Å². The number of hydrogen-bond acceptors (Lipinski definition) is 1. The van der Waals surface area contributed by atoms with E-state index >= 15 is 0 Å². The second kappa shape index (κ2) is 6.53. The van der Waals surface area contributed by atoms with E-state index in [1.165, 1.54) is 11.1 Å². The Morgan fingerprint density at radius 1 is 1.05 bits per heavy atom. The van der Waals surface area contributed by atoms with Gasteiger partial charge in [0.1, 0.15) is 5.75 Å². The molecular weight excluding hydrogens is 280 g/mol. The Kier molecular flexibility index (Phi) is 4.95. The molecule has 0 unspecified atom stereocenters. The van der Waals surface area contributed by atoms with Crippen molar-refractivity contribution in [2.45, 2.75) is 39.0 Å². The minimum atomic E-state index is -0.0817. The highest BCUT2D eigenvalue weighted by Gasteiger charge is 2.22. The molecule has 0 saturated carbocycles. The molecule has 0 aliphatic carbocycles. The summed E-state index contributed by atoms with van der Waals surface area (Å²) in [5.74, 6) is 1.46. The molecule has 112 valence electrons. The topological polar surface area (TPSA) is 9.23 Å². The normalized spacial score (nSPS) is 11.7. The van der Waals surface area contributed by atoms with Crippen LogP contribution in [0.3, 0.4) is 0 Å². The lowest BCUT2D eigenvalue weighted by molar-refractivity contribution is 0.240. The van der Waals surface area contributed by atoms with Crippen LogP contribution in [0, 0.1) is 0 Å². The van der Waals surface area contributed by atoms with Crippen LogP contribution in [0.5, 0.6) is 5.75 Å². The van der Waals surface area contributed by atoms with Gasteiger partial charge in [0.05, 0.1) is 6.61 Å². The van der Waals surface area contributed by atoms with Gasteiger partial charge < -0.3 is 4.74 Å². The standard InChI is InChI=1S/C19H23ClO/c1-14(2)15-8-10-18(11-9-15)21-13-19(3,4)16-6-5-7-17(20)12-16/h5-12,14H,13H2,1-4H3. The van der Waals surface area contributed by atoms with E-state index in [4.69, 9.17) is 16.3 Å². The minimum Gasteiger partial charge on any atom is -0.493 e. The highest BCUT2D eigenvalue weighted by atomic mass is 35.5. The molecule has 0 heterocycles. The maximum Gasteiger partial charge on any atom is 0.119 e. The van der Waals surface area contributed by atoms with Crippen LogP contribution in [-0.4, -0.2) is 6.61 Å². The zero-order valence-corrected chi connectivity index (χ0v) is 13.9. The molecule has 0 spiro atoms. The van der Waals surface area contributed by atoms with Crippen LogP contribution < -0.4 is 4.74 Å². The van der Waals surface area contributed by atoms with Gasteiger partial charge in [-0.2, -0.15) is 0 Å². The third-order valence-electron chi connectivity index (χ3n) is 3.75. The Labute approximate surface area is 132 Å². The summed E-state index contributed by atoms with van der Waals surface area (Å²) in [5.41, 5.74) is 2.44. The van der Waals surface area contributed by atoms with E-state index in [0.717, 1.165) is 10.8 Å². The van der Waals surface area contributed by atoms with Gasteiger partial charge in [-0.05, 0) is 41.3 Å². The van der Waals surface area contributed by atoms with Crippen molar-refractivity contribution in [2.24, 2.45) is 0 Å². The fourth-order valence-corrected chi connectivity index (χ4v) is 2.40. The van der Waals surface area contributed by atoms with Crippen molar-refractivity contribution < 1.29 is 4.74 Å². The van der Waals surface area contributed by atoms with E-state index < -0.39 is 0 Å². The molecule has 0 radical (unpaired) electrons. The SMILES string of the molecule is CC(C)c1ccc(OCC(C)(C)c2cccc(Cl)c2)cc1. The molecule has 0 N–H and O–H groups in total. The van der Waals surface area contributed by atoms with Crippen molar-refractivity contribution in [2.75, 3.05) is 6.61 Å². The smallest absolute Gasteiger partial charge is 0.119 e. The largest absolute Gasteiger partial charge is 0.493 e. The number of halogens is 1. The third-order valence-corrected chi connectivity index (χ3v) is 3.99. The van der Waals surface area contributed by atoms with Gasteiger partial charge in [0.2, 0.25) is 0 Å². The van der Waals surface area contributed by atoms with Gasteiger partial charge in [0, 0.05) is 10.4 Å². The van der Waals surface area contributed by atoms with Crippen LogP contribution in [0.25, 0.3) is 0 Å². The van der Waals surface area contributed by atoms with Crippen LogP contribution in [0.4, 0.5) is 0 Å². The molecule has 2 aromatic rings. The molecule has 21 heavy (non-hydrogen) atoms. The molecular formula is C19H23ClO. The average molecular weight is 303 g/mol. The van der Waals surface area contributed by atoms with E-state index in [-0.39, 0.29) is 5.41 Å².